The van der Waals surface area contributed by atoms with Crippen molar-refractivity contribution in [2.75, 3.05) is 11.9 Å². The topological polar surface area (TPSA) is 68.3 Å². The Kier molecular flexibility index (Phi) is 4.18. The number of hydrogen-bond acceptors (Lipinski definition) is 3. The normalized spacial score (nSPS) is 9.75. The summed E-state index contributed by atoms with van der Waals surface area (Å²) < 4.78 is 18.8. The van der Waals surface area contributed by atoms with E-state index in [0.29, 0.717) is 11.3 Å². The molecule has 2 aromatic rings. The average Bonchev–Trinajstić information content (AvgIpc) is 2.84. The minimum atomic E-state index is -0.514. The number of carbonyl (C=O) groups is 1. The second-order valence-electron chi connectivity index (χ2n) is 4.09. The van der Waals surface area contributed by atoms with Crippen molar-refractivity contribution in [3.63, 3.8) is 0 Å². The molecule has 0 saturated carbocycles. The van der Waals surface area contributed by atoms with E-state index in [1.54, 1.807) is 19.1 Å². The number of anilines is 1. The van der Waals surface area contributed by atoms with Crippen molar-refractivity contribution in [1.82, 2.24) is 0 Å². The monoisotopic (exact) mass is 272 g/mol. The van der Waals surface area contributed by atoms with Gasteiger partial charge in [0.1, 0.15) is 5.82 Å². The molecule has 20 heavy (non-hydrogen) atoms. The summed E-state index contributed by atoms with van der Waals surface area (Å²) in [6.45, 7) is 1.92. The molecule has 1 heterocycles. The van der Waals surface area contributed by atoms with Crippen LogP contribution in [0, 0.1) is 24.6 Å². The van der Waals surface area contributed by atoms with E-state index >= 15 is 0 Å². The first-order valence-electron chi connectivity index (χ1n) is 5.95. The van der Waals surface area contributed by atoms with Crippen LogP contribution in [0.3, 0.4) is 0 Å². The fourth-order valence-corrected chi connectivity index (χ4v) is 1.63. The van der Waals surface area contributed by atoms with Crippen molar-refractivity contribution < 1.29 is 13.6 Å². The van der Waals surface area contributed by atoms with Gasteiger partial charge in [-0.3, -0.25) is 4.79 Å². The summed E-state index contributed by atoms with van der Waals surface area (Å²) in [5.41, 5.74) is 6.52. The molecule has 1 aromatic heterocycles. The minimum absolute atomic E-state index is 0.162. The zero-order chi connectivity index (χ0) is 14.5. The van der Waals surface area contributed by atoms with Crippen LogP contribution >= 0.6 is 0 Å². The predicted octanol–water partition coefficient (Wildman–Crippen LogP) is 2.29. The van der Waals surface area contributed by atoms with Crippen molar-refractivity contribution in [2.24, 2.45) is 5.73 Å². The maximum atomic E-state index is 13.7. The third-order valence-corrected chi connectivity index (χ3v) is 2.62. The summed E-state index contributed by atoms with van der Waals surface area (Å²) in [5, 5.41) is 2.56. The highest BCUT2D eigenvalue weighted by atomic mass is 19.1. The van der Waals surface area contributed by atoms with E-state index in [0.717, 1.165) is 0 Å². The first-order chi connectivity index (χ1) is 9.61. The Labute approximate surface area is 115 Å². The first-order valence-corrected chi connectivity index (χ1v) is 5.95. The SMILES string of the molecule is Cc1ccoc1C(=O)Nc1ccc(C#CCN)c(F)c1. The van der Waals surface area contributed by atoms with Crippen molar-refractivity contribution in [1.29, 1.82) is 0 Å². The number of nitrogens with two attached hydrogens (primary N) is 1. The van der Waals surface area contributed by atoms with Gasteiger partial charge in [0, 0.05) is 11.3 Å². The minimum Gasteiger partial charge on any atom is -0.459 e. The van der Waals surface area contributed by atoms with Gasteiger partial charge in [-0.05, 0) is 31.2 Å². The van der Waals surface area contributed by atoms with E-state index in [1.165, 1.54) is 18.4 Å². The molecule has 0 spiro atoms. The lowest BCUT2D eigenvalue weighted by atomic mass is 10.2. The molecule has 102 valence electrons. The molecule has 0 bridgehead atoms. The number of carbonyl (C=O) groups excluding carboxylic acids is 1. The van der Waals surface area contributed by atoms with E-state index in [1.807, 2.05) is 0 Å². The van der Waals surface area contributed by atoms with Gasteiger partial charge in [-0.1, -0.05) is 11.8 Å². The lowest BCUT2D eigenvalue weighted by molar-refractivity contribution is 0.0996. The molecule has 0 atom stereocenters. The number of benzene rings is 1. The number of hydrogen-bond donors (Lipinski definition) is 2. The fraction of sp³-hybridized carbons (Fsp3) is 0.133. The summed E-state index contributed by atoms with van der Waals surface area (Å²) >= 11 is 0. The highest BCUT2D eigenvalue weighted by Gasteiger charge is 2.13. The molecule has 0 aliphatic rings. The first kappa shape index (κ1) is 13.8. The molecule has 1 amide bonds. The number of rotatable bonds is 2. The van der Waals surface area contributed by atoms with Gasteiger partial charge in [-0.2, -0.15) is 0 Å². The third kappa shape index (κ3) is 3.05. The third-order valence-electron chi connectivity index (χ3n) is 2.62. The van der Waals surface area contributed by atoms with Gasteiger partial charge >= 0.3 is 0 Å². The summed E-state index contributed by atoms with van der Waals surface area (Å²) in [6, 6.07) is 5.94. The van der Waals surface area contributed by atoms with Gasteiger partial charge in [-0.25, -0.2) is 4.39 Å². The van der Waals surface area contributed by atoms with Gasteiger partial charge < -0.3 is 15.5 Å². The van der Waals surface area contributed by atoms with Crippen molar-refractivity contribution >= 4 is 11.6 Å². The van der Waals surface area contributed by atoms with Gasteiger partial charge in [0.15, 0.2) is 5.76 Å². The Morgan fingerprint density at radius 1 is 1.45 bits per heavy atom. The molecule has 0 fully saturated rings. The van der Waals surface area contributed by atoms with Crippen LogP contribution in [0.5, 0.6) is 0 Å². The molecule has 0 aliphatic carbocycles. The molecule has 0 radical (unpaired) electrons. The second kappa shape index (κ2) is 6.04. The molecule has 3 N–H and O–H groups in total. The van der Waals surface area contributed by atoms with Crippen LogP contribution in [-0.2, 0) is 0 Å². The quantitative estimate of drug-likeness (QED) is 0.824. The van der Waals surface area contributed by atoms with Crippen LogP contribution in [0.15, 0.2) is 34.9 Å². The van der Waals surface area contributed by atoms with E-state index in [9.17, 15) is 9.18 Å². The summed E-state index contributed by atoms with van der Waals surface area (Å²) in [7, 11) is 0. The smallest absolute Gasteiger partial charge is 0.291 e. The van der Waals surface area contributed by atoms with Crippen LogP contribution in [0.25, 0.3) is 0 Å². The van der Waals surface area contributed by atoms with Crippen LogP contribution in [0.2, 0.25) is 0 Å². The zero-order valence-corrected chi connectivity index (χ0v) is 10.9. The van der Waals surface area contributed by atoms with E-state index < -0.39 is 11.7 Å². The molecule has 0 saturated heterocycles. The number of amides is 1. The Balaban J connectivity index is 2.17. The van der Waals surface area contributed by atoms with Gasteiger partial charge in [0.05, 0.1) is 18.4 Å². The largest absolute Gasteiger partial charge is 0.459 e. The number of aryl methyl sites for hydroxylation is 1. The molecule has 2 rings (SSSR count). The van der Waals surface area contributed by atoms with Crippen molar-refractivity contribution in [3.8, 4) is 11.8 Å². The second-order valence-corrected chi connectivity index (χ2v) is 4.09. The lowest BCUT2D eigenvalue weighted by Gasteiger charge is -2.05. The van der Waals surface area contributed by atoms with Crippen LogP contribution < -0.4 is 11.1 Å². The molecular weight excluding hydrogens is 259 g/mol. The van der Waals surface area contributed by atoms with E-state index in [2.05, 4.69) is 17.2 Å². The fourth-order valence-electron chi connectivity index (χ4n) is 1.63. The summed E-state index contributed by atoms with van der Waals surface area (Å²) in [5.74, 6) is 4.45. The van der Waals surface area contributed by atoms with Gasteiger partial charge in [-0.15, -0.1) is 0 Å². The highest BCUT2D eigenvalue weighted by Crippen LogP contribution is 2.16. The maximum absolute atomic E-state index is 13.7. The van der Waals surface area contributed by atoms with Crippen molar-refractivity contribution in [2.45, 2.75) is 6.92 Å². The highest BCUT2D eigenvalue weighted by molar-refractivity contribution is 6.03. The lowest BCUT2D eigenvalue weighted by Crippen LogP contribution is -2.12. The molecule has 4 nitrogen and oxygen atoms in total. The standard InChI is InChI=1S/C15H13FN2O2/c1-10-6-8-20-14(10)15(19)18-12-5-4-11(3-2-7-17)13(16)9-12/h4-6,8-9H,7,17H2,1H3,(H,18,19). The molecule has 1 aromatic carbocycles. The number of nitrogens with one attached hydrogen (secondary N) is 1. The van der Waals surface area contributed by atoms with Gasteiger partial charge in [0.25, 0.3) is 5.91 Å². The Morgan fingerprint density at radius 2 is 2.25 bits per heavy atom. The Hall–Kier alpha value is -2.58. The summed E-state index contributed by atoms with van der Waals surface area (Å²) in [6.07, 6.45) is 1.43. The Bertz CT molecular complexity index is 695. The molecule has 0 aliphatic heterocycles. The molecular formula is C15H13FN2O2. The van der Waals surface area contributed by atoms with E-state index in [-0.39, 0.29) is 17.9 Å². The van der Waals surface area contributed by atoms with Gasteiger partial charge in [0.2, 0.25) is 0 Å². The van der Waals surface area contributed by atoms with Crippen LogP contribution in [0.4, 0.5) is 10.1 Å². The number of furan rings is 1. The van der Waals surface area contributed by atoms with Crippen molar-refractivity contribution in [3.05, 3.63) is 53.2 Å². The average molecular weight is 272 g/mol. The zero-order valence-electron chi connectivity index (χ0n) is 10.9. The van der Waals surface area contributed by atoms with E-state index in [4.69, 9.17) is 10.2 Å². The van der Waals surface area contributed by atoms with Crippen LogP contribution in [-0.4, -0.2) is 12.5 Å². The van der Waals surface area contributed by atoms with Crippen LogP contribution in [0.1, 0.15) is 21.7 Å². The Morgan fingerprint density at radius 3 is 2.85 bits per heavy atom. The molecule has 0 unspecified atom stereocenters. The predicted molar refractivity (Wildman–Crippen MR) is 73.7 cm³/mol. The number of halogens is 1. The summed E-state index contributed by atoms with van der Waals surface area (Å²) in [4.78, 5) is 11.9. The maximum Gasteiger partial charge on any atom is 0.291 e. The molecule has 5 heteroatoms.